The average molecular weight is 405 g/mol. The third-order valence-electron chi connectivity index (χ3n) is 6.53. The van der Waals surface area contributed by atoms with Gasteiger partial charge in [-0.15, -0.1) is 5.10 Å². The fraction of sp³-hybridized carbons (Fsp3) is 0.435. The van der Waals surface area contributed by atoms with Gasteiger partial charge in [-0.05, 0) is 43.0 Å². The molecule has 7 nitrogen and oxygen atoms in total. The van der Waals surface area contributed by atoms with Gasteiger partial charge in [-0.3, -0.25) is 0 Å². The zero-order chi connectivity index (χ0) is 20.9. The molecule has 0 unspecified atom stereocenters. The molecule has 156 valence electrons. The molecule has 2 fully saturated rings. The molecule has 5 rings (SSSR count). The number of nitrogens with one attached hydrogen (secondary N) is 1. The van der Waals surface area contributed by atoms with Crippen LogP contribution < -0.4 is 10.6 Å². The Morgan fingerprint density at radius 1 is 1.17 bits per heavy atom. The summed E-state index contributed by atoms with van der Waals surface area (Å²) >= 11 is 0. The Kier molecular flexibility index (Phi) is 4.50. The highest BCUT2D eigenvalue weighted by molar-refractivity contribution is 6.04. The highest BCUT2D eigenvalue weighted by atomic mass is 16.5. The SMILES string of the molecule is CC(C)C(=N)c1cc(-c2cnc3ccc(N4CCC5(CC4)COC5)nn23)ccc1N. The molecule has 2 aliphatic rings. The molecule has 3 aromatic rings. The molecule has 3 N–H and O–H groups in total. The zero-order valence-electron chi connectivity index (χ0n) is 17.6. The molecular weight excluding hydrogens is 376 g/mol. The lowest BCUT2D eigenvalue weighted by molar-refractivity contribution is -0.124. The van der Waals surface area contributed by atoms with Crippen molar-refractivity contribution in [1.29, 1.82) is 5.41 Å². The molecule has 0 amide bonds. The van der Waals surface area contributed by atoms with Crippen LogP contribution in [0.4, 0.5) is 11.5 Å². The Morgan fingerprint density at radius 3 is 2.60 bits per heavy atom. The Hall–Kier alpha value is -2.93. The maximum absolute atomic E-state index is 8.40. The summed E-state index contributed by atoms with van der Waals surface area (Å²) in [6, 6.07) is 9.92. The highest BCUT2D eigenvalue weighted by Crippen LogP contribution is 2.39. The predicted molar refractivity (Wildman–Crippen MR) is 119 cm³/mol. The van der Waals surface area contributed by atoms with Gasteiger partial charge in [0, 0.05) is 41.0 Å². The number of benzene rings is 1. The Balaban J connectivity index is 1.48. The lowest BCUT2D eigenvalue weighted by atomic mass is 9.77. The van der Waals surface area contributed by atoms with Crippen molar-refractivity contribution in [2.24, 2.45) is 11.3 Å². The number of rotatable bonds is 4. The quantitative estimate of drug-likeness (QED) is 0.512. The van der Waals surface area contributed by atoms with Gasteiger partial charge in [0.05, 0.1) is 25.1 Å². The van der Waals surface area contributed by atoms with E-state index in [4.69, 9.17) is 21.0 Å². The maximum atomic E-state index is 8.40. The van der Waals surface area contributed by atoms with E-state index >= 15 is 0 Å². The van der Waals surface area contributed by atoms with Crippen molar-refractivity contribution >= 4 is 22.9 Å². The van der Waals surface area contributed by atoms with Crippen LogP contribution in [0.1, 0.15) is 32.3 Å². The fourth-order valence-electron chi connectivity index (χ4n) is 4.38. The molecule has 0 saturated carbocycles. The van der Waals surface area contributed by atoms with Crippen LogP contribution in [0, 0.1) is 16.7 Å². The lowest BCUT2D eigenvalue weighted by Gasteiger charge is -2.47. The van der Waals surface area contributed by atoms with Crippen molar-refractivity contribution in [3.63, 3.8) is 0 Å². The molecule has 2 aliphatic heterocycles. The van der Waals surface area contributed by atoms with Crippen LogP contribution in [0.2, 0.25) is 0 Å². The van der Waals surface area contributed by atoms with Crippen LogP contribution >= 0.6 is 0 Å². The highest BCUT2D eigenvalue weighted by Gasteiger charge is 2.41. The second-order valence-electron chi connectivity index (χ2n) is 8.96. The molecule has 30 heavy (non-hydrogen) atoms. The minimum absolute atomic E-state index is 0.109. The van der Waals surface area contributed by atoms with Gasteiger partial charge in [0.25, 0.3) is 0 Å². The monoisotopic (exact) mass is 404 g/mol. The first-order chi connectivity index (χ1) is 14.5. The normalized spacial score (nSPS) is 18.2. The summed E-state index contributed by atoms with van der Waals surface area (Å²) in [7, 11) is 0. The van der Waals surface area contributed by atoms with Crippen molar-refractivity contribution in [3.8, 4) is 11.3 Å². The van der Waals surface area contributed by atoms with Crippen molar-refractivity contribution < 1.29 is 4.74 Å². The standard InChI is InChI=1S/C23H28N6O/c1-15(2)22(25)17-11-16(3-4-18(17)24)19-12-26-20-5-6-21(27-29(19)20)28-9-7-23(8-10-28)13-30-14-23/h3-6,11-12,15,25H,7-10,13-14,24H2,1-2H3. The van der Waals surface area contributed by atoms with E-state index in [9.17, 15) is 0 Å². The number of hydrogen-bond acceptors (Lipinski definition) is 6. The van der Waals surface area contributed by atoms with Gasteiger partial charge >= 0.3 is 0 Å². The van der Waals surface area contributed by atoms with Gasteiger partial charge in [0.2, 0.25) is 0 Å². The largest absolute Gasteiger partial charge is 0.398 e. The summed E-state index contributed by atoms with van der Waals surface area (Å²) in [6.07, 6.45) is 4.15. The van der Waals surface area contributed by atoms with Gasteiger partial charge < -0.3 is 20.8 Å². The Bertz CT molecular complexity index is 1100. The summed E-state index contributed by atoms with van der Waals surface area (Å²) < 4.78 is 7.35. The third kappa shape index (κ3) is 3.13. The number of nitrogen functional groups attached to an aromatic ring is 1. The maximum Gasteiger partial charge on any atom is 0.154 e. The van der Waals surface area contributed by atoms with Crippen molar-refractivity contribution in [2.75, 3.05) is 36.9 Å². The van der Waals surface area contributed by atoms with Gasteiger partial charge in [-0.2, -0.15) is 0 Å². The van der Waals surface area contributed by atoms with E-state index in [-0.39, 0.29) is 5.92 Å². The van der Waals surface area contributed by atoms with Gasteiger partial charge in [-0.25, -0.2) is 9.50 Å². The van der Waals surface area contributed by atoms with Crippen molar-refractivity contribution in [1.82, 2.24) is 14.6 Å². The first kappa shape index (κ1) is 19.1. The molecule has 2 saturated heterocycles. The van der Waals surface area contributed by atoms with Crippen molar-refractivity contribution in [2.45, 2.75) is 26.7 Å². The molecule has 0 aliphatic carbocycles. The number of fused-ring (bicyclic) bond motifs is 1. The molecule has 0 radical (unpaired) electrons. The number of ether oxygens (including phenoxy) is 1. The minimum Gasteiger partial charge on any atom is -0.398 e. The van der Waals surface area contributed by atoms with Crippen molar-refractivity contribution in [3.05, 3.63) is 42.1 Å². The van der Waals surface area contributed by atoms with Gasteiger partial charge in [0.1, 0.15) is 5.82 Å². The predicted octanol–water partition coefficient (Wildman–Crippen LogP) is 3.62. The van der Waals surface area contributed by atoms with Crippen LogP contribution in [0.5, 0.6) is 0 Å². The molecule has 2 aromatic heterocycles. The molecule has 4 heterocycles. The number of anilines is 2. The van der Waals surface area contributed by atoms with E-state index in [1.54, 1.807) is 0 Å². The third-order valence-corrected chi connectivity index (χ3v) is 6.53. The summed E-state index contributed by atoms with van der Waals surface area (Å²) in [6.45, 7) is 7.84. The molecule has 0 atom stereocenters. The van der Waals surface area contributed by atoms with Crippen LogP contribution in [0.3, 0.4) is 0 Å². The molecule has 7 heteroatoms. The number of piperidine rings is 1. The number of nitrogens with zero attached hydrogens (tertiary/aromatic N) is 4. The number of aromatic nitrogens is 3. The second kappa shape index (κ2) is 7.09. The summed E-state index contributed by atoms with van der Waals surface area (Å²) in [5, 5.41) is 13.3. The summed E-state index contributed by atoms with van der Waals surface area (Å²) in [5.41, 5.74) is 11.2. The van der Waals surface area contributed by atoms with Crippen LogP contribution in [0.25, 0.3) is 16.9 Å². The number of nitrogens with two attached hydrogens (primary N) is 1. The van der Waals surface area contributed by atoms with Crippen LogP contribution in [0.15, 0.2) is 36.5 Å². The topological polar surface area (TPSA) is 92.5 Å². The van der Waals surface area contributed by atoms with E-state index in [0.717, 1.165) is 67.4 Å². The number of hydrogen-bond donors (Lipinski definition) is 2. The first-order valence-corrected chi connectivity index (χ1v) is 10.6. The molecule has 1 spiro atoms. The molecular formula is C23H28N6O. The smallest absolute Gasteiger partial charge is 0.154 e. The molecule has 1 aromatic carbocycles. The van der Waals surface area contributed by atoms with E-state index in [2.05, 4.69) is 16.0 Å². The average Bonchev–Trinajstić information content (AvgIpc) is 3.16. The van der Waals surface area contributed by atoms with Gasteiger partial charge in [0.15, 0.2) is 5.65 Å². The van der Waals surface area contributed by atoms with Crippen LogP contribution in [-0.4, -0.2) is 46.6 Å². The van der Waals surface area contributed by atoms with Crippen LogP contribution in [-0.2, 0) is 4.74 Å². The van der Waals surface area contributed by atoms with E-state index in [1.807, 2.05) is 48.8 Å². The summed E-state index contributed by atoms with van der Waals surface area (Å²) in [5.74, 6) is 1.08. The van der Waals surface area contributed by atoms with E-state index in [1.165, 1.54) is 0 Å². The Labute approximate surface area is 176 Å². The second-order valence-corrected chi connectivity index (χ2v) is 8.96. The van der Waals surface area contributed by atoms with Gasteiger partial charge in [-0.1, -0.05) is 19.9 Å². The van der Waals surface area contributed by atoms with E-state index in [0.29, 0.717) is 16.8 Å². The number of imidazole rings is 1. The minimum atomic E-state index is 0.109. The fourth-order valence-corrected chi connectivity index (χ4v) is 4.38. The molecule has 0 bridgehead atoms. The zero-order valence-corrected chi connectivity index (χ0v) is 17.6. The van der Waals surface area contributed by atoms with E-state index < -0.39 is 0 Å². The Morgan fingerprint density at radius 2 is 1.93 bits per heavy atom. The lowest BCUT2D eigenvalue weighted by Crippen LogP contribution is -2.51. The first-order valence-electron chi connectivity index (χ1n) is 10.6. The summed E-state index contributed by atoms with van der Waals surface area (Å²) in [4.78, 5) is 6.90.